The average Bonchev–Trinajstić information content (AvgIpc) is 3.19. The van der Waals surface area contributed by atoms with Crippen LogP contribution in [0, 0.1) is 0 Å². The molecule has 0 aliphatic heterocycles. The monoisotopic (exact) mass is 295 g/mol. The van der Waals surface area contributed by atoms with Crippen molar-refractivity contribution in [2.45, 2.75) is 37.6 Å². The predicted octanol–water partition coefficient (Wildman–Crippen LogP) is 2.44. The number of hydrogen-bond donors (Lipinski definition) is 1. The molecule has 5 heteroatoms. The molecule has 1 aromatic carbocycles. The molecule has 1 N–H and O–H groups in total. The summed E-state index contributed by atoms with van der Waals surface area (Å²) in [6, 6.07) is 7.15. The Kier molecular flexibility index (Phi) is 4.33. The highest BCUT2D eigenvalue weighted by Crippen LogP contribution is 2.48. The van der Waals surface area contributed by atoms with Crippen LogP contribution in [0.15, 0.2) is 24.3 Å². The van der Waals surface area contributed by atoms with E-state index in [1.165, 1.54) is 7.11 Å². The summed E-state index contributed by atoms with van der Waals surface area (Å²) in [6.45, 7) is 1.79. The van der Waals surface area contributed by atoms with Crippen molar-refractivity contribution >= 4 is 23.5 Å². The third kappa shape index (κ3) is 3.12. The van der Waals surface area contributed by atoms with E-state index >= 15 is 0 Å². The molecule has 0 radical (unpaired) electrons. The minimum Gasteiger partial charge on any atom is -0.469 e. The largest absolute Gasteiger partial charge is 0.469 e. The fraction of sp³-hybridized carbons (Fsp3) is 0.467. The minimum absolute atomic E-state index is 0.0452. The standard InChI is InChI=1S/C15H18ClNO3/c1-10(8-13(18)20-2)17-14(19)15(6-7-15)11-4-3-5-12(16)9-11/h3-5,9-10H,6-8H2,1-2H3,(H,17,19)/t10-/m0/s1. The van der Waals surface area contributed by atoms with Crippen LogP contribution in [0.25, 0.3) is 0 Å². The van der Waals surface area contributed by atoms with Crippen LogP contribution in [0.4, 0.5) is 0 Å². The van der Waals surface area contributed by atoms with Gasteiger partial charge in [-0.2, -0.15) is 0 Å². The number of esters is 1. The first-order valence-corrected chi connectivity index (χ1v) is 6.99. The minimum atomic E-state index is -0.477. The van der Waals surface area contributed by atoms with Gasteiger partial charge >= 0.3 is 5.97 Å². The molecule has 2 rings (SSSR count). The second-order valence-electron chi connectivity index (χ2n) is 5.25. The van der Waals surface area contributed by atoms with Crippen molar-refractivity contribution in [3.8, 4) is 0 Å². The summed E-state index contributed by atoms with van der Waals surface area (Å²) < 4.78 is 4.60. The maximum Gasteiger partial charge on any atom is 0.307 e. The van der Waals surface area contributed by atoms with Crippen molar-refractivity contribution in [2.24, 2.45) is 0 Å². The first-order valence-electron chi connectivity index (χ1n) is 6.62. The molecule has 1 aliphatic carbocycles. The van der Waals surface area contributed by atoms with E-state index in [0.717, 1.165) is 18.4 Å². The predicted molar refractivity (Wildman–Crippen MR) is 76.6 cm³/mol. The van der Waals surface area contributed by atoms with E-state index in [1.54, 1.807) is 13.0 Å². The van der Waals surface area contributed by atoms with Crippen LogP contribution in [-0.4, -0.2) is 25.0 Å². The maximum atomic E-state index is 12.4. The summed E-state index contributed by atoms with van der Waals surface area (Å²) in [5.74, 6) is -0.374. The number of carbonyl (C=O) groups excluding carboxylic acids is 2. The molecule has 0 heterocycles. The van der Waals surface area contributed by atoms with Gasteiger partial charge in [0.2, 0.25) is 5.91 Å². The number of hydrogen-bond acceptors (Lipinski definition) is 3. The van der Waals surface area contributed by atoms with E-state index in [9.17, 15) is 9.59 Å². The zero-order valence-corrected chi connectivity index (χ0v) is 12.4. The van der Waals surface area contributed by atoms with E-state index in [4.69, 9.17) is 11.6 Å². The van der Waals surface area contributed by atoms with Gasteiger partial charge in [-0.1, -0.05) is 23.7 Å². The molecular weight excluding hydrogens is 278 g/mol. The summed E-state index contributed by atoms with van der Waals surface area (Å²) in [6.07, 6.45) is 1.79. The highest BCUT2D eigenvalue weighted by atomic mass is 35.5. The lowest BCUT2D eigenvalue weighted by atomic mass is 9.94. The Morgan fingerprint density at radius 3 is 2.70 bits per heavy atom. The molecule has 0 saturated heterocycles. The van der Waals surface area contributed by atoms with E-state index in [0.29, 0.717) is 5.02 Å². The number of methoxy groups -OCH3 is 1. The van der Waals surface area contributed by atoms with Gasteiger partial charge in [0, 0.05) is 11.1 Å². The summed E-state index contributed by atoms with van der Waals surface area (Å²) in [7, 11) is 1.34. The molecule has 1 saturated carbocycles. The molecule has 1 aliphatic rings. The third-order valence-corrected chi connectivity index (χ3v) is 3.87. The Morgan fingerprint density at radius 2 is 2.15 bits per heavy atom. The second kappa shape index (κ2) is 5.83. The fourth-order valence-corrected chi connectivity index (χ4v) is 2.49. The van der Waals surface area contributed by atoms with Crippen LogP contribution >= 0.6 is 11.6 Å². The van der Waals surface area contributed by atoms with Crippen LogP contribution < -0.4 is 5.32 Å². The molecule has 108 valence electrons. The molecule has 20 heavy (non-hydrogen) atoms. The molecule has 1 aromatic rings. The molecule has 0 aromatic heterocycles. The maximum absolute atomic E-state index is 12.4. The Hall–Kier alpha value is -1.55. The highest BCUT2D eigenvalue weighted by Gasteiger charge is 2.51. The summed E-state index contributed by atoms with van der Waals surface area (Å²) in [5.41, 5.74) is 0.461. The van der Waals surface area contributed by atoms with Gasteiger partial charge in [-0.05, 0) is 37.5 Å². The zero-order chi connectivity index (χ0) is 14.8. The second-order valence-corrected chi connectivity index (χ2v) is 5.68. The molecule has 0 spiro atoms. The lowest BCUT2D eigenvalue weighted by Gasteiger charge is -2.19. The van der Waals surface area contributed by atoms with Gasteiger partial charge in [0.15, 0.2) is 0 Å². The van der Waals surface area contributed by atoms with Crippen molar-refractivity contribution in [2.75, 3.05) is 7.11 Å². The van der Waals surface area contributed by atoms with E-state index in [2.05, 4.69) is 10.1 Å². The number of ether oxygens (including phenoxy) is 1. The normalized spacial score (nSPS) is 17.1. The third-order valence-electron chi connectivity index (χ3n) is 3.64. The number of halogens is 1. The van der Waals surface area contributed by atoms with Crippen molar-refractivity contribution in [3.63, 3.8) is 0 Å². The highest BCUT2D eigenvalue weighted by molar-refractivity contribution is 6.30. The van der Waals surface area contributed by atoms with Gasteiger partial charge in [0.05, 0.1) is 18.9 Å². The number of rotatable bonds is 5. The zero-order valence-electron chi connectivity index (χ0n) is 11.6. The smallest absolute Gasteiger partial charge is 0.307 e. The van der Waals surface area contributed by atoms with Gasteiger partial charge in [0.25, 0.3) is 0 Å². The number of carbonyl (C=O) groups is 2. The Morgan fingerprint density at radius 1 is 1.45 bits per heavy atom. The van der Waals surface area contributed by atoms with Crippen molar-refractivity contribution in [1.29, 1.82) is 0 Å². The van der Waals surface area contributed by atoms with Crippen LogP contribution in [0.5, 0.6) is 0 Å². The lowest BCUT2D eigenvalue weighted by molar-refractivity contribution is -0.141. The Labute approximate surface area is 123 Å². The molecular formula is C15H18ClNO3. The Balaban J connectivity index is 2.04. The van der Waals surface area contributed by atoms with Crippen molar-refractivity contribution < 1.29 is 14.3 Å². The van der Waals surface area contributed by atoms with Gasteiger partial charge in [-0.25, -0.2) is 0 Å². The van der Waals surface area contributed by atoms with Gasteiger partial charge in [-0.3, -0.25) is 9.59 Å². The molecule has 1 amide bonds. The van der Waals surface area contributed by atoms with E-state index < -0.39 is 5.41 Å². The summed E-state index contributed by atoms with van der Waals surface area (Å²) in [5, 5.41) is 3.51. The van der Waals surface area contributed by atoms with Crippen molar-refractivity contribution in [1.82, 2.24) is 5.32 Å². The van der Waals surface area contributed by atoms with Crippen LogP contribution in [0.1, 0.15) is 31.7 Å². The SMILES string of the molecule is COC(=O)C[C@H](C)NC(=O)C1(c2cccc(Cl)c2)CC1. The van der Waals surface area contributed by atoms with Gasteiger partial charge in [0.1, 0.15) is 0 Å². The summed E-state index contributed by atoms with van der Waals surface area (Å²) in [4.78, 5) is 23.6. The van der Waals surface area contributed by atoms with E-state index in [1.807, 2.05) is 18.2 Å². The molecule has 1 atom stereocenters. The first-order chi connectivity index (χ1) is 9.48. The Bertz CT molecular complexity index is 526. The van der Waals surface area contributed by atoms with Crippen LogP contribution in [0.2, 0.25) is 5.02 Å². The fourth-order valence-electron chi connectivity index (χ4n) is 2.30. The topological polar surface area (TPSA) is 55.4 Å². The lowest BCUT2D eigenvalue weighted by Crippen LogP contribution is -2.41. The quantitative estimate of drug-likeness (QED) is 0.849. The molecule has 0 bridgehead atoms. The van der Waals surface area contributed by atoms with Crippen molar-refractivity contribution in [3.05, 3.63) is 34.9 Å². The molecule has 1 fully saturated rings. The van der Waals surface area contributed by atoms with Gasteiger partial charge < -0.3 is 10.1 Å². The molecule has 0 unspecified atom stereocenters. The number of nitrogens with one attached hydrogen (secondary N) is 1. The average molecular weight is 296 g/mol. The van der Waals surface area contributed by atoms with Crippen LogP contribution in [0.3, 0.4) is 0 Å². The number of benzene rings is 1. The number of amides is 1. The summed E-state index contributed by atoms with van der Waals surface area (Å²) >= 11 is 5.98. The van der Waals surface area contributed by atoms with Crippen LogP contribution in [-0.2, 0) is 19.7 Å². The van der Waals surface area contributed by atoms with Gasteiger partial charge in [-0.15, -0.1) is 0 Å². The molecule has 4 nitrogen and oxygen atoms in total. The first kappa shape index (κ1) is 14.9. The van der Waals surface area contributed by atoms with E-state index in [-0.39, 0.29) is 24.3 Å².